The molecule has 0 bridgehead atoms. The van der Waals surface area contributed by atoms with E-state index in [9.17, 15) is 13.2 Å². The van der Waals surface area contributed by atoms with E-state index in [4.69, 9.17) is 5.11 Å². The van der Waals surface area contributed by atoms with Crippen molar-refractivity contribution in [3.63, 3.8) is 0 Å². The van der Waals surface area contributed by atoms with Crippen molar-refractivity contribution in [1.82, 2.24) is 14.9 Å². The van der Waals surface area contributed by atoms with E-state index in [1.165, 1.54) is 12.3 Å². The first-order valence-electron chi connectivity index (χ1n) is 5.75. The van der Waals surface area contributed by atoms with Gasteiger partial charge in [-0.25, -0.2) is 13.1 Å². The second-order valence-electron chi connectivity index (χ2n) is 4.38. The molecule has 0 radical (unpaired) electrons. The molecule has 0 amide bonds. The minimum atomic E-state index is -3.71. The van der Waals surface area contributed by atoms with Gasteiger partial charge >= 0.3 is 5.97 Å². The monoisotopic (exact) mass is 273 g/mol. The molecule has 3 N–H and O–H groups in total. The Bertz CT molecular complexity index is 511. The zero-order chi connectivity index (χ0) is 13.2. The molecular formula is C10H15N3O4S. The van der Waals surface area contributed by atoms with Crippen LogP contribution in [0, 0.1) is 5.92 Å². The van der Waals surface area contributed by atoms with Gasteiger partial charge in [0.1, 0.15) is 0 Å². The van der Waals surface area contributed by atoms with Gasteiger partial charge in [-0.1, -0.05) is 12.8 Å². The lowest BCUT2D eigenvalue weighted by atomic mass is 9.85. The number of carboxylic acid groups (broad SMARTS) is 1. The molecule has 1 fully saturated rings. The van der Waals surface area contributed by atoms with E-state index in [0.29, 0.717) is 12.8 Å². The molecule has 1 aliphatic carbocycles. The van der Waals surface area contributed by atoms with E-state index in [1.54, 1.807) is 0 Å². The fraction of sp³-hybridized carbons (Fsp3) is 0.600. The van der Waals surface area contributed by atoms with Gasteiger partial charge in [-0.2, -0.15) is 5.10 Å². The SMILES string of the molecule is O=C(O)C1CCCCC1NS(=O)(=O)c1ccn[nH]1. The maximum atomic E-state index is 12.0. The molecule has 100 valence electrons. The van der Waals surface area contributed by atoms with Crippen molar-refractivity contribution in [2.75, 3.05) is 0 Å². The van der Waals surface area contributed by atoms with Gasteiger partial charge in [-0.15, -0.1) is 0 Å². The Morgan fingerprint density at radius 3 is 2.78 bits per heavy atom. The van der Waals surface area contributed by atoms with Crippen LogP contribution in [0.1, 0.15) is 25.7 Å². The van der Waals surface area contributed by atoms with E-state index in [0.717, 1.165) is 12.8 Å². The number of rotatable bonds is 4. The van der Waals surface area contributed by atoms with E-state index >= 15 is 0 Å². The Labute approximate surface area is 105 Å². The van der Waals surface area contributed by atoms with Crippen LogP contribution in [-0.2, 0) is 14.8 Å². The molecule has 2 unspecified atom stereocenters. The molecule has 0 aromatic carbocycles. The number of carbonyl (C=O) groups is 1. The molecule has 2 atom stereocenters. The van der Waals surface area contributed by atoms with E-state index in [1.807, 2.05) is 0 Å². The highest BCUT2D eigenvalue weighted by Gasteiger charge is 2.34. The molecule has 0 spiro atoms. The number of aromatic amines is 1. The highest BCUT2D eigenvalue weighted by atomic mass is 32.2. The van der Waals surface area contributed by atoms with E-state index in [2.05, 4.69) is 14.9 Å². The van der Waals surface area contributed by atoms with Crippen LogP contribution in [0.15, 0.2) is 17.3 Å². The first-order valence-corrected chi connectivity index (χ1v) is 7.23. The number of nitrogens with zero attached hydrogens (tertiary/aromatic N) is 1. The smallest absolute Gasteiger partial charge is 0.308 e. The summed E-state index contributed by atoms with van der Waals surface area (Å²) in [5, 5.41) is 15.0. The summed E-state index contributed by atoms with van der Waals surface area (Å²) in [5.74, 6) is -1.61. The molecule has 1 heterocycles. The van der Waals surface area contributed by atoms with Gasteiger partial charge in [-0.3, -0.25) is 9.89 Å². The van der Waals surface area contributed by atoms with Crippen LogP contribution in [0.4, 0.5) is 0 Å². The molecule has 0 saturated heterocycles. The number of sulfonamides is 1. The van der Waals surface area contributed by atoms with Crippen LogP contribution in [0.3, 0.4) is 0 Å². The summed E-state index contributed by atoms with van der Waals surface area (Å²) in [6, 6.07) is 0.783. The minimum Gasteiger partial charge on any atom is -0.481 e. The topological polar surface area (TPSA) is 112 Å². The number of aliphatic carboxylic acids is 1. The Kier molecular flexibility index (Phi) is 3.67. The number of aromatic nitrogens is 2. The maximum Gasteiger partial charge on any atom is 0.308 e. The van der Waals surface area contributed by atoms with Crippen LogP contribution >= 0.6 is 0 Å². The molecule has 1 aliphatic rings. The second kappa shape index (κ2) is 5.07. The number of hydrogen-bond donors (Lipinski definition) is 3. The Morgan fingerprint density at radius 1 is 1.44 bits per heavy atom. The maximum absolute atomic E-state index is 12.0. The summed E-state index contributed by atoms with van der Waals surface area (Å²) in [7, 11) is -3.71. The van der Waals surface area contributed by atoms with Crippen molar-refractivity contribution in [3.8, 4) is 0 Å². The lowest BCUT2D eigenvalue weighted by Gasteiger charge is -2.28. The van der Waals surface area contributed by atoms with Gasteiger partial charge in [0, 0.05) is 6.04 Å². The predicted octanol–water partition coefficient (Wildman–Crippen LogP) is 0.331. The van der Waals surface area contributed by atoms with Gasteiger partial charge in [-0.05, 0) is 18.9 Å². The normalized spacial score (nSPS) is 24.9. The summed E-state index contributed by atoms with van der Waals surface area (Å²) >= 11 is 0. The van der Waals surface area contributed by atoms with Gasteiger partial charge in [0.15, 0.2) is 5.03 Å². The Hall–Kier alpha value is -1.41. The lowest BCUT2D eigenvalue weighted by molar-refractivity contribution is -0.143. The first-order chi connectivity index (χ1) is 8.50. The predicted molar refractivity (Wildman–Crippen MR) is 62.3 cm³/mol. The van der Waals surface area contributed by atoms with Gasteiger partial charge < -0.3 is 5.11 Å². The van der Waals surface area contributed by atoms with E-state index in [-0.39, 0.29) is 5.03 Å². The van der Waals surface area contributed by atoms with Crippen LogP contribution < -0.4 is 4.72 Å². The van der Waals surface area contributed by atoms with Gasteiger partial charge in [0.25, 0.3) is 10.0 Å². The number of H-pyrrole nitrogens is 1. The zero-order valence-corrected chi connectivity index (χ0v) is 10.5. The van der Waals surface area contributed by atoms with Crippen molar-refractivity contribution >= 4 is 16.0 Å². The number of hydrogen-bond acceptors (Lipinski definition) is 4. The van der Waals surface area contributed by atoms with Crippen molar-refractivity contribution < 1.29 is 18.3 Å². The third kappa shape index (κ3) is 2.70. The largest absolute Gasteiger partial charge is 0.481 e. The standard InChI is InChI=1S/C10H15N3O4S/c14-10(15)7-3-1-2-4-8(7)13-18(16,17)9-5-6-11-12-9/h5-8,13H,1-4H2,(H,11,12)(H,14,15). The van der Waals surface area contributed by atoms with Gasteiger partial charge in [0.05, 0.1) is 12.1 Å². The summed E-state index contributed by atoms with van der Waals surface area (Å²) in [6.45, 7) is 0. The van der Waals surface area contributed by atoms with E-state index < -0.39 is 28.0 Å². The van der Waals surface area contributed by atoms with Crippen LogP contribution in [-0.4, -0.2) is 35.7 Å². The Balaban J connectivity index is 2.14. The summed E-state index contributed by atoms with van der Waals surface area (Å²) in [5.41, 5.74) is 0. The molecule has 7 nitrogen and oxygen atoms in total. The fourth-order valence-electron chi connectivity index (χ4n) is 2.22. The third-order valence-electron chi connectivity index (χ3n) is 3.15. The van der Waals surface area contributed by atoms with Crippen molar-refractivity contribution in [2.24, 2.45) is 5.92 Å². The summed E-state index contributed by atoms with van der Waals surface area (Å²) < 4.78 is 26.4. The molecule has 2 rings (SSSR count). The fourth-order valence-corrected chi connectivity index (χ4v) is 3.44. The third-order valence-corrected chi connectivity index (χ3v) is 4.57. The van der Waals surface area contributed by atoms with Crippen molar-refractivity contribution in [2.45, 2.75) is 36.8 Å². The Morgan fingerprint density at radius 2 is 2.17 bits per heavy atom. The quantitative estimate of drug-likeness (QED) is 0.732. The van der Waals surface area contributed by atoms with Crippen LogP contribution in [0.5, 0.6) is 0 Å². The highest BCUT2D eigenvalue weighted by molar-refractivity contribution is 7.89. The molecule has 18 heavy (non-hydrogen) atoms. The number of carboxylic acids is 1. The molecule has 1 saturated carbocycles. The van der Waals surface area contributed by atoms with Crippen molar-refractivity contribution in [1.29, 1.82) is 0 Å². The average molecular weight is 273 g/mol. The molecule has 0 aliphatic heterocycles. The van der Waals surface area contributed by atoms with Crippen LogP contribution in [0.2, 0.25) is 0 Å². The molecule has 8 heteroatoms. The summed E-state index contributed by atoms with van der Waals surface area (Å²) in [6.07, 6.45) is 4.04. The van der Waals surface area contributed by atoms with Gasteiger partial charge in [0.2, 0.25) is 0 Å². The second-order valence-corrected chi connectivity index (χ2v) is 6.06. The molecule has 1 aromatic heterocycles. The minimum absolute atomic E-state index is 0.0442. The molecule has 1 aromatic rings. The zero-order valence-electron chi connectivity index (χ0n) is 9.67. The van der Waals surface area contributed by atoms with Crippen molar-refractivity contribution in [3.05, 3.63) is 12.3 Å². The average Bonchev–Trinajstić information content (AvgIpc) is 2.83. The highest BCUT2D eigenvalue weighted by Crippen LogP contribution is 2.25. The van der Waals surface area contributed by atoms with Crippen LogP contribution in [0.25, 0.3) is 0 Å². The molecular weight excluding hydrogens is 258 g/mol. The summed E-state index contributed by atoms with van der Waals surface area (Å²) in [4.78, 5) is 11.1. The lowest BCUT2D eigenvalue weighted by Crippen LogP contribution is -2.45. The number of nitrogens with one attached hydrogen (secondary N) is 2. The first kappa shape index (κ1) is 13.0.